The number of hydrogen-bond donors (Lipinski definition) is 1. The molecule has 0 aliphatic heterocycles. The minimum Gasteiger partial charge on any atom is -0.465 e. The number of hydrogen-bond acceptors (Lipinski definition) is 8. The second-order valence-corrected chi connectivity index (χ2v) is 7.11. The number of aliphatic hydroxyl groups excluding tert-OH is 1. The molecule has 0 spiro atoms. The van der Waals surface area contributed by atoms with Gasteiger partial charge in [-0.1, -0.05) is 26.8 Å². The Hall–Kier alpha value is -1.54. The molecule has 0 saturated heterocycles. The van der Waals surface area contributed by atoms with E-state index in [2.05, 4.69) is 6.58 Å². The maximum Gasteiger partial charge on any atom is 0.333 e. The molecule has 7 nitrogen and oxygen atoms in total. The summed E-state index contributed by atoms with van der Waals surface area (Å²) in [4.78, 5) is 34.4. The summed E-state index contributed by atoms with van der Waals surface area (Å²) in [6.07, 6.45) is 0.924. The van der Waals surface area contributed by atoms with E-state index in [-0.39, 0.29) is 37.1 Å². The third-order valence-corrected chi connectivity index (χ3v) is 4.38. The number of esters is 3. The zero-order chi connectivity index (χ0) is 19.9. The van der Waals surface area contributed by atoms with Gasteiger partial charge in [-0.3, -0.25) is 9.59 Å². The van der Waals surface area contributed by atoms with E-state index in [9.17, 15) is 19.5 Å². The molecule has 0 heterocycles. The van der Waals surface area contributed by atoms with E-state index in [4.69, 9.17) is 14.2 Å². The fraction of sp³-hybridized carbons (Fsp3) is 0.722. The summed E-state index contributed by atoms with van der Waals surface area (Å²) in [5, 5.41) is 9.58. The molecule has 1 N–H and O–H groups in total. The first kappa shape index (κ1) is 24.5. The van der Waals surface area contributed by atoms with E-state index in [1.54, 1.807) is 6.92 Å². The van der Waals surface area contributed by atoms with Crippen LogP contribution in [0.3, 0.4) is 0 Å². The van der Waals surface area contributed by atoms with Crippen LogP contribution in [0.25, 0.3) is 0 Å². The third kappa shape index (κ3) is 12.8. The number of ether oxygens (including phenoxy) is 3. The van der Waals surface area contributed by atoms with Crippen LogP contribution in [0, 0.1) is 5.92 Å². The van der Waals surface area contributed by atoms with E-state index in [0.29, 0.717) is 18.1 Å². The molecule has 0 rings (SSSR count). The summed E-state index contributed by atoms with van der Waals surface area (Å²) in [6, 6.07) is 0. The van der Waals surface area contributed by atoms with E-state index in [1.165, 1.54) is 18.7 Å². The predicted octanol–water partition coefficient (Wildman–Crippen LogP) is 2.11. The van der Waals surface area contributed by atoms with Gasteiger partial charge in [0.25, 0.3) is 0 Å². The molecule has 0 radical (unpaired) electrons. The molecule has 0 fully saturated rings. The SMILES string of the molecule is C=C(C)C(=O)OCC(O)COC(=O)CCSCC(C)C(=O)OCCCC. The van der Waals surface area contributed by atoms with Gasteiger partial charge in [-0.25, -0.2) is 4.79 Å². The van der Waals surface area contributed by atoms with Crippen molar-refractivity contribution in [3.05, 3.63) is 12.2 Å². The normalized spacial score (nSPS) is 12.8. The summed E-state index contributed by atoms with van der Waals surface area (Å²) in [5.74, 6) is -0.433. The highest BCUT2D eigenvalue weighted by atomic mass is 32.2. The van der Waals surface area contributed by atoms with Gasteiger partial charge in [0.05, 0.1) is 18.9 Å². The Morgan fingerprint density at radius 1 is 1.15 bits per heavy atom. The first-order valence-electron chi connectivity index (χ1n) is 8.68. The van der Waals surface area contributed by atoms with Gasteiger partial charge in [0.2, 0.25) is 0 Å². The second-order valence-electron chi connectivity index (χ2n) is 5.96. The van der Waals surface area contributed by atoms with Crippen molar-refractivity contribution in [3.63, 3.8) is 0 Å². The average molecular weight is 390 g/mol. The lowest BCUT2D eigenvalue weighted by atomic mass is 10.2. The number of carbonyl (C=O) groups excluding carboxylic acids is 3. The molecule has 0 aromatic heterocycles. The van der Waals surface area contributed by atoms with Crippen molar-refractivity contribution in [2.75, 3.05) is 31.3 Å². The van der Waals surface area contributed by atoms with Gasteiger partial charge in [-0.15, -0.1) is 0 Å². The van der Waals surface area contributed by atoms with Gasteiger partial charge in [-0.2, -0.15) is 11.8 Å². The van der Waals surface area contributed by atoms with Crippen LogP contribution >= 0.6 is 11.8 Å². The third-order valence-electron chi connectivity index (χ3n) is 3.15. The Kier molecular flexibility index (Phi) is 13.7. The quantitative estimate of drug-likeness (QED) is 0.208. The second kappa shape index (κ2) is 14.6. The summed E-state index contributed by atoms with van der Waals surface area (Å²) >= 11 is 1.47. The molecular weight excluding hydrogens is 360 g/mol. The van der Waals surface area contributed by atoms with Gasteiger partial charge in [0.15, 0.2) is 0 Å². The van der Waals surface area contributed by atoms with Crippen molar-refractivity contribution < 1.29 is 33.7 Å². The molecular formula is C18H30O7S. The Labute approximate surface area is 159 Å². The summed E-state index contributed by atoms with van der Waals surface area (Å²) in [5.41, 5.74) is 0.231. The minimum atomic E-state index is -1.08. The molecule has 2 atom stereocenters. The van der Waals surface area contributed by atoms with E-state index < -0.39 is 18.0 Å². The van der Waals surface area contributed by atoms with Gasteiger partial charge in [-0.05, 0) is 13.3 Å². The molecule has 0 aromatic carbocycles. The van der Waals surface area contributed by atoms with Crippen LogP contribution in [0.1, 0.15) is 40.0 Å². The molecule has 0 aromatic rings. The van der Waals surface area contributed by atoms with Crippen LogP contribution in [0.2, 0.25) is 0 Å². The smallest absolute Gasteiger partial charge is 0.333 e. The summed E-state index contributed by atoms with van der Waals surface area (Å²) in [6.45, 7) is 8.68. The molecule has 26 heavy (non-hydrogen) atoms. The summed E-state index contributed by atoms with van der Waals surface area (Å²) < 4.78 is 14.8. The van der Waals surface area contributed by atoms with Crippen molar-refractivity contribution >= 4 is 29.7 Å². The number of rotatable bonds is 14. The van der Waals surface area contributed by atoms with E-state index in [1.807, 2.05) is 6.92 Å². The molecule has 0 saturated carbocycles. The largest absolute Gasteiger partial charge is 0.465 e. The maximum absolute atomic E-state index is 11.7. The first-order chi connectivity index (χ1) is 12.3. The standard InChI is InChI=1S/C18H30O7S/c1-5-6-8-23-18(22)14(4)12-26-9-7-16(20)24-10-15(19)11-25-17(21)13(2)3/h14-15,19H,2,5-12H2,1,3-4H3. The van der Waals surface area contributed by atoms with Gasteiger partial charge in [0.1, 0.15) is 19.3 Å². The summed E-state index contributed by atoms with van der Waals surface area (Å²) in [7, 11) is 0. The molecule has 0 amide bonds. The maximum atomic E-state index is 11.7. The van der Waals surface area contributed by atoms with Gasteiger partial charge in [0, 0.05) is 17.1 Å². The minimum absolute atomic E-state index is 0.167. The van der Waals surface area contributed by atoms with Crippen LogP contribution in [-0.2, 0) is 28.6 Å². The van der Waals surface area contributed by atoms with Crippen LogP contribution in [0.4, 0.5) is 0 Å². The molecule has 0 aliphatic rings. The predicted molar refractivity (Wildman–Crippen MR) is 99.7 cm³/mol. The van der Waals surface area contributed by atoms with Crippen molar-refractivity contribution in [3.8, 4) is 0 Å². The fourth-order valence-corrected chi connectivity index (χ4v) is 2.51. The monoisotopic (exact) mass is 390 g/mol. The lowest BCUT2D eigenvalue weighted by Gasteiger charge is -2.12. The highest BCUT2D eigenvalue weighted by molar-refractivity contribution is 7.99. The van der Waals surface area contributed by atoms with Crippen LogP contribution in [0.15, 0.2) is 12.2 Å². The first-order valence-corrected chi connectivity index (χ1v) is 9.84. The topological polar surface area (TPSA) is 99.1 Å². The fourth-order valence-electron chi connectivity index (χ4n) is 1.55. The highest BCUT2D eigenvalue weighted by Gasteiger charge is 2.15. The highest BCUT2D eigenvalue weighted by Crippen LogP contribution is 2.12. The van der Waals surface area contributed by atoms with Crippen LogP contribution in [-0.4, -0.2) is 60.4 Å². The van der Waals surface area contributed by atoms with Gasteiger partial charge < -0.3 is 19.3 Å². The van der Waals surface area contributed by atoms with E-state index in [0.717, 1.165) is 12.8 Å². The van der Waals surface area contributed by atoms with Crippen LogP contribution < -0.4 is 0 Å². The molecule has 150 valence electrons. The number of aliphatic hydroxyl groups is 1. The molecule has 2 unspecified atom stereocenters. The van der Waals surface area contributed by atoms with Crippen molar-refractivity contribution in [2.45, 2.75) is 46.1 Å². The molecule has 8 heteroatoms. The number of thioether (sulfide) groups is 1. The van der Waals surface area contributed by atoms with Gasteiger partial charge >= 0.3 is 17.9 Å². The zero-order valence-corrected chi connectivity index (χ0v) is 16.6. The van der Waals surface area contributed by atoms with Crippen molar-refractivity contribution in [1.29, 1.82) is 0 Å². The number of unbranched alkanes of at least 4 members (excludes halogenated alkanes) is 1. The Morgan fingerprint density at radius 3 is 2.42 bits per heavy atom. The number of carbonyl (C=O) groups is 3. The zero-order valence-electron chi connectivity index (χ0n) is 15.8. The Bertz CT molecular complexity index is 464. The Balaban J connectivity index is 3.74. The molecule has 0 bridgehead atoms. The Morgan fingerprint density at radius 2 is 1.81 bits per heavy atom. The van der Waals surface area contributed by atoms with Crippen molar-refractivity contribution in [2.24, 2.45) is 5.92 Å². The van der Waals surface area contributed by atoms with E-state index >= 15 is 0 Å². The van der Waals surface area contributed by atoms with Crippen LogP contribution in [0.5, 0.6) is 0 Å². The van der Waals surface area contributed by atoms with Crippen molar-refractivity contribution in [1.82, 2.24) is 0 Å². The average Bonchev–Trinajstić information content (AvgIpc) is 2.61. The lowest BCUT2D eigenvalue weighted by Crippen LogP contribution is -2.25. The lowest BCUT2D eigenvalue weighted by molar-refractivity contribution is -0.150. The molecule has 0 aliphatic carbocycles.